The highest BCUT2D eigenvalue weighted by Crippen LogP contribution is 2.34. The number of rotatable bonds is 5. The zero-order valence-electron chi connectivity index (χ0n) is 11.1. The summed E-state index contributed by atoms with van der Waals surface area (Å²) in [4.78, 5) is 0. The third-order valence-electron chi connectivity index (χ3n) is 3.74. The molecule has 0 spiro atoms. The molecule has 1 rings (SSSR count). The lowest BCUT2D eigenvalue weighted by Gasteiger charge is -2.37. The summed E-state index contributed by atoms with van der Waals surface area (Å²) in [7, 11) is 1.69. The highest BCUT2D eigenvalue weighted by molar-refractivity contribution is 5.31. The molecular weight excluding hydrogens is 217 g/mol. The molecule has 1 atom stereocenters. The van der Waals surface area contributed by atoms with E-state index >= 15 is 0 Å². The van der Waals surface area contributed by atoms with Crippen LogP contribution in [0.2, 0.25) is 0 Å². The lowest BCUT2D eigenvalue weighted by Crippen LogP contribution is -2.42. The van der Waals surface area contributed by atoms with Crippen LogP contribution in [0.25, 0.3) is 0 Å². The third kappa shape index (κ3) is 2.67. The summed E-state index contributed by atoms with van der Waals surface area (Å²) in [6, 6.07) is 4.49. The Balaban J connectivity index is 3.13. The highest BCUT2D eigenvalue weighted by Gasteiger charge is 2.34. The summed E-state index contributed by atoms with van der Waals surface area (Å²) < 4.78 is 18.7. The van der Waals surface area contributed by atoms with E-state index in [1.807, 2.05) is 6.92 Å². The number of hydrogen-bond donors (Lipinski definition) is 1. The predicted octanol–water partition coefficient (Wildman–Crippen LogP) is 3.34. The Morgan fingerprint density at radius 2 is 1.94 bits per heavy atom. The maximum Gasteiger partial charge on any atom is 0.123 e. The average molecular weight is 239 g/mol. The van der Waals surface area contributed by atoms with Gasteiger partial charge in [-0.05, 0) is 43.0 Å². The quantitative estimate of drug-likeness (QED) is 0.855. The Labute approximate surface area is 103 Å². The molecule has 0 amide bonds. The first kappa shape index (κ1) is 14.1. The van der Waals surface area contributed by atoms with Crippen molar-refractivity contribution in [1.82, 2.24) is 0 Å². The van der Waals surface area contributed by atoms with Gasteiger partial charge < -0.3 is 10.5 Å². The van der Waals surface area contributed by atoms with Gasteiger partial charge in [-0.1, -0.05) is 19.9 Å². The Morgan fingerprint density at radius 1 is 1.35 bits per heavy atom. The van der Waals surface area contributed by atoms with Gasteiger partial charge in [0, 0.05) is 7.11 Å². The molecule has 1 aromatic rings. The molecule has 0 heterocycles. The second-order valence-electron chi connectivity index (χ2n) is 4.45. The molecule has 0 aliphatic carbocycles. The minimum atomic E-state index is -0.372. The molecule has 0 saturated carbocycles. The van der Waals surface area contributed by atoms with E-state index in [2.05, 4.69) is 13.8 Å². The second-order valence-corrected chi connectivity index (χ2v) is 4.45. The van der Waals surface area contributed by atoms with Gasteiger partial charge in [-0.25, -0.2) is 4.39 Å². The minimum absolute atomic E-state index is 0.227. The normalized spacial score (nSPS) is 13.8. The topological polar surface area (TPSA) is 35.2 Å². The van der Waals surface area contributed by atoms with Crippen molar-refractivity contribution in [2.45, 2.75) is 45.3 Å². The zero-order valence-corrected chi connectivity index (χ0v) is 11.1. The summed E-state index contributed by atoms with van der Waals surface area (Å²) in [6.45, 7) is 6.00. The Kier molecular flexibility index (Phi) is 4.66. The van der Waals surface area contributed by atoms with Crippen molar-refractivity contribution in [1.29, 1.82) is 0 Å². The van der Waals surface area contributed by atoms with Crippen molar-refractivity contribution in [2.75, 3.05) is 7.11 Å². The molecular formula is C14H22FNO. The molecule has 2 N–H and O–H groups in total. The summed E-state index contributed by atoms with van der Waals surface area (Å²) in [6.07, 6.45) is 1.66. The van der Waals surface area contributed by atoms with E-state index in [9.17, 15) is 4.39 Å². The average Bonchev–Trinajstić information content (AvgIpc) is 2.32. The van der Waals surface area contributed by atoms with Gasteiger partial charge in [0.15, 0.2) is 0 Å². The SMILES string of the molecule is CCC(CC)(OC)C(N)c1ccc(F)cc1C. The summed E-state index contributed by atoms with van der Waals surface area (Å²) >= 11 is 0. The molecule has 0 fully saturated rings. The molecule has 0 bridgehead atoms. The lowest BCUT2D eigenvalue weighted by atomic mass is 9.83. The molecule has 0 aliphatic heterocycles. The highest BCUT2D eigenvalue weighted by atomic mass is 19.1. The molecule has 0 aliphatic rings. The Morgan fingerprint density at radius 3 is 2.35 bits per heavy atom. The van der Waals surface area contributed by atoms with Gasteiger partial charge >= 0.3 is 0 Å². The number of ether oxygens (including phenoxy) is 1. The molecule has 1 aromatic carbocycles. The lowest BCUT2D eigenvalue weighted by molar-refractivity contribution is -0.0387. The number of benzene rings is 1. The van der Waals surface area contributed by atoms with Gasteiger partial charge in [-0.2, -0.15) is 0 Å². The van der Waals surface area contributed by atoms with Crippen LogP contribution in [0.4, 0.5) is 4.39 Å². The van der Waals surface area contributed by atoms with Gasteiger partial charge in [0.1, 0.15) is 5.82 Å². The van der Waals surface area contributed by atoms with E-state index < -0.39 is 0 Å². The number of aryl methyl sites for hydroxylation is 1. The van der Waals surface area contributed by atoms with E-state index in [-0.39, 0.29) is 17.5 Å². The van der Waals surface area contributed by atoms with E-state index in [4.69, 9.17) is 10.5 Å². The third-order valence-corrected chi connectivity index (χ3v) is 3.74. The first-order chi connectivity index (χ1) is 8.00. The summed E-state index contributed by atoms with van der Waals surface area (Å²) in [5.74, 6) is -0.227. The molecule has 3 heteroatoms. The van der Waals surface area contributed by atoms with Gasteiger partial charge in [-0.3, -0.25) is 0 Å². The maximum absolute atomic E-state index is 13.1. The van der Waals surface area contributed by atoms with Gasteiger partial charge in [0.05, 0.1) is 11.6 Å². The number of halogens is 1. The van der Waals surface area contributed by atoms with E-state index in [0.29, 0.717) is 0 Å². The van der Waals surface area contributed by atoms with E-state index in [1.54, 1.807) is 13.2 Å². The summed E-state index contributed by atoms with van der Waals surface area (Å²) in [5.41, 5.74) is 7.77. The first-order valence-electron chi connectivity index (χ1n) is 6.07. The standard InChI is InChI=1S/C14H22FNO/c1-5-14(6-2,17-4)13(16)12-8-7-11(15)9-10(12)3/h7-9,13H,5-6,16H2,1-4H3. The molecule has 0 radical (unpaired) electrons. The Hall–Kier alpha value is -0.930. The predicted molar refractivity (Wildman–Crippen MR) is 68.4 cm³/mol. The number of methoxy groups -OCH3 is 1. The van der Waals surface area contributed by atoms with Crippen molar-refractivity contribution in [3.05, 3.63) is 35.1 Å². The van der Waals surface area contributed by atoms with Crippen molar-refractivity contribution in [2.24, 2.45) is 5.73 Å². The van der Waals surface area contributed by atoms with Gasteiger partial charge in [-0.15, -0.1) is 0 Å². The van der Waals surface area contributed by atoms with Crippen LogP contribution in [0.1, 0.15) is 43.9 Å². The Bertz CT molecular complexity index is 366. The molecule has 0 saturated heterocycles. The van der Waals surface area contributed by atoms with Crippen molar-refractivity contribution in [3.63, 3.8) is 0 Å². The fourth-order valence-electron chi connectivity index (χ4n) is 2.38. The van der Waals surface area contributed by atoms with Crippen molar-refractivity contribution in [3.8, 4) is 0 Å². The summed E-state index contributed by atoms with van der Waals surface area (Å²) in [5, 5.41) is 0. The van der Waals surface area contributed by atoms with Crippen molar-refractivity contribution >= 4 is 0 Å². The number of nitrogens with two attached hydrogens (primary N) is 1. The van der Waals surface area contributed by atoms with E-state index in [0.717, 1.165) is 24.0 Å². The van der Waals surface area contributed by atoms with E-state index in [1.165, 1.54) is 12.1 Å². The van der Waals surface area contributed by atoms with Crippen LogP contribution in [0.15, 0.2) is 18.2 Å². The fraction of sp³-hybridized carbons (Fsp3) is 0.571. The largest absolute Gasteiger partial charge is 0.376 e. The minimum Gasteiger partial charge on any atom is -0.376 e. The molecule has 0 aromatic heterocycles. The fourth-order valence-corrected chi connectivity index (χ4v) is 2.38. The van der Waals surface area contributed by atoms with Crippen molar-refractivity contribution < 1.29 is 9.13 Å². The molecule has 17 heavy (non-hydrogen) atoms. The first-order valence-corrected chi connectivity index (χ1v) is 6.07. The molecule has 96 valence electrons. The molecule has 2 nitrogen and oxygen atoms in total. The smallest absolute Gasteiger partial charge is 0.123 e. The van der Waals surface area contributed by atoms with Crippen LogP contribution >= 0.6 is 0 Å². The van der Waals surface area contributed by atoms with Crippen LogP contribution in [0.3, 0.4) is 0 Å². The second kappa shape index (κ2) is 5.61. The van der Waals surface area contributed by atoms with Crippen LogP contribution in [0, 0.1) is 12.7 Å². The van der Waals surface area contributed by atoms with Crippen LogP contribution in [-0.4, -0.2) is 12.7 Å². The monoisotopic (exact) mass is 239 g/mol. The van der Waals surface area contributed by atoms with Gasteiger partial charge in [0.25, 0.3) is 0 Å². The van der Waals surface area contributed by atoms with Crippen LogP contribution < -0.4 is 5.73 Å². The van der Waals surface area contributed by atoms with Crippen LogP contribution in [-0.2, 0) is 4.74 Å². The maximum atomic E-state index is 13.1. The van der Waals surface area contributed by atoms with Crippen LogP contribution in [0.5, 0.6) is 0 Å². The number of hydrogen-bond acceptors (Lipinski definition) is 2. The zero-order chi connectivity index (χ0) is 13.1. The molecule has 1 unspecified atom stereocenters. The van der Waals surface area contributed by atoms with Gasteiger partial charge in [0.2, 0.25) is 0 Å².